The molecule has 3 aliphatic carbocycles. The van der Waals surface area contributed by atoms with E-state index in [-0.39, 0.29) is 58.0 Å². The van der Waals surface area contributed by atoms with Gasteiger partial charge in [-0.2, -0.15) is 0 Å². The van der Waals surface area contributed by atoms with E-state index in [4.69, 9.17) is 23.7 Å². The van der Waals surface area contributed by atoms with Crippen LogP contribution in [0.25, 0.3) is 0 Å². The summed E-state index contributed by atoms with van der Waals surface area (Å²) in [5, 5.41) is 41.2. The maximum atomic E-state index is 13.1. The second-order valence-electron chi connectivity index (χ2n) is 17.5. The molecule has 0 aromatic heterocycles. The normalized spacial score (nSPS) is 46.7. The Bertz CT molecular complexity index is 1360. The summed E-state index contributed by atoms with van der Waals surface area (Å²) in [6.07, 6.45) is -0.395. The topological polar surface area (TPSA) is 178 Å². The van der Waals surface area contributed by atoms with Gasteiger partial charge in [0.2, 0.25) is 0 Å². The Morgan fingerprint density at radius 1 is 1.00 bits per heavy atom. The van der Waals surface area contributed by atoms with E-state index in [1.165, 1.54) is 6.92 Å². The van der Waals surface area contributed by atoms with Crippen LogP contribution in [0.5, 0.6) is 0 Å². The van der Waals surface area contributed by atoms with Gasteiger partial charge in [0.25, 0.3) is 0 Å². The second kappa shape index (κ2) is 13.4. The fraction of sp³-hybridized carbons (Fsp3) is 0.868. The van der Waals surface area contributed by atoms with Crippen LogP contribution in [0.3, 0.4) is 0 Å². The fourth-order valence-electron chi connectivity index (χ4n) is 12.1. The molecule has 5 fully saturated rings. The third-order valence-electron chi connectivity index (χ3n) is 14.7. The largest absolute Gasteiger partial charge is 0.465 e. The first kappa shape index (κ1) is 37.7. The van der Waals surface area contributed by atoms with Gasteiger partial charge in [0.05, 0.1) is 25.7 Å². The van der Waals surface area contributed by atoms with Crippen molar-refractivity contribution < 1.29 is 58.5 Å². The van der Waals surface area contributed by atoms with Crippen LogP contribution in [-0.2, 0) is 38.1 Å². The number of rotatable bonds is 8. The molecule has 0 bridgehead atoms. The monoisotopic (exact) mass is 706 g/mol. The molecule has 12 heteroatoms. The van der Waals surface area contributed by atoms with Gasteiger partial charge >= 0.3 is 17.9 Å². The van der Waals surface area contributed by atoms with Gasteiger partial charge in [-0.05, 0) is 91.4 Å². The number of aliphatic hydroxyl groups excluding tert-OH is 4. The van der Waals surface area contributed by atoms with E-state index >= 15 is 0 Å². The third-order valence-corrected chi connectivity index (χ3v) is 14.7. The molecular formula is C38H58O12. The van der Waals surface area contributed by atoms with E-state index in [1.54, 1.807) is 13.0 Å². The predicted molar refractivity (Wildman–Crippen MR) is 178 cm³/mol. The minimum atomic E-state index is -1.50. The number of carbonyl (C=O) groups excluding carboxylic acids is 3. The van der Waals surface area contributed by atoms with E-state index in [2.05, 4.69) is 34.6 Å². The van der Waals surface area contributed by atoms with E-state index in [1.807, 2.05) is 0 Å². The number of hydrogen-bond donors (Lipinski definition) is 4. The van der Waals surface area contributed by atoms with Crippen LogP contribution >= 0.6 is 0 Å². The Labute approximate surface area is 295 Å². The molecule has 3 saturated carbocycles. The molecule has 15 atom stereocenters. The van der Waals surface area contributed by atoms with Gasteiger partial charge in [0.1, 0.15) is 36.6 Å². The van der Waals surface area contributed by atoms with Crippen LogP contribution in [0, 0.1) is 45.3 Å². The van der Waals surface area contributed by atoms with Crippen molar-refractivity contribution in [3.8, 4) is 0 Å². The van der Waals surface area contributed by atoms with Crippen LogP contribution in [-0.4, -0.2) is 101 Å². The van der Waals surface area contributed by atoms with Gasteiger partial charge in [-0.25, -0.2) is 4.79 Å². The van der Waals surface area contributed by atoms with Crippen molar-refractivity contribution in [2.75, 3.05) is 13.2 Å². The zero-order valence-corrected chi connectivity index (χ0v) is 30.6. The van der Waals surface area contributed by atoms with Gasteiger partial charge in [0, 0.05) is 24.3 Å². The first-order valence-corrected chi connectivity index (χ1v) is 18.6. The quantitative estimate of drug-likeness (QED) is 0.165. The molecular weight excluding hydrogens is 648 g/mol. The molecule has 0 aromatic rings. The Balaban J connectivity index is 1.26. The average molecular weight is 707 g/mol. The number of ether oxygens (including phenoxy) is 5. The van der Waals surface area contributed by atoms with E-state index < -0.39 is 60.9 Å². The van der Waals surface area contributed by atoms with Crippen LogP contribution in [0.4, 0.5) is 0 Å². The summed E-state index contributed by atoms with van der Waals surface area (Å²) in [4.78, 5) is 37.7. The number of esters is 3. The molecule has 12 nitrogen and oxygen atoms in total. The van der Waals surface area contributed by atoms with Gasteiger partial charge < -0.3 is 44.1 Å². The second-order valence-corrected chi connectivity index (χ2v) is 17.5. The number of cyclic esters (lactones) is 2. The lowest BCUT2D eigenvalue weighted by Crippen LogP contribution is -2.67. The van der Waals surface area contributed by atoms with Gasteiger partial charge in [-0.3, -0.25) is 9.59 Å². The smallest absolute Gasteiger partial charge is 0.334 e. The summed E-state index contributed by atoms with van der Waals surface area (Å²) in [6.45, 7) is 14.2. The molecule has 282 valence electrons. The standard InChI is InChI=1S/C38H58O12/c1-19-14-22(48-33(19)45)15-24(47-21(3)40)20(2)23-8-9-27-36(6)12-11-28(50-34-32(44)31(43)30(42)25(17-39)49-34)35(4,5)26(36)10-13-37(27,7)38(23)16-29(41)46-18-38/h14,20,22-28,30-32,34,39,42-44H,8-13,15-18H2,1-7H3. The van der Waals surface area contributed by atoms with Crippen molar-refractivity contribution in [3.05, 3.63) is 11.6 Å². The molecule has 6 rings (SSSR count). The Morgan fingerprint density at radius 2 is 1.72 bits per heavy atom. The van der Waals surface area contributed by atoms with E-state index in [0.717, 1.165) is 32.1 Å². The van der Waals surface area contributed by atoms with Crippen molar-refractivity contribution in [2.24, 2.45) is 45.3 Å². The lowest BCUT2D eigenvalue weighted by molar-refractivity contribution is -0.331. The third kappa shape index (κ3) is 5.93. The van der Waals surface area contributed by atoms with E-state index in [9.17, 15) is 34.8 Å². The Kier molecular flexibility index (Phi) is 10.1. The number of carbonyl (C=O) groups is 3. The zero-order valence-electron chi connectivity index (χ0n) is 30.6. The SMILES string of the molecule is CC(=O)OC(CC1C=C(C)C(=O)O1)C(C)C1CCC2C3(C)CCC(OC4OC(CO)C(O)C(O)C4O)C(C)(C)C3CCC2(C)C12COC(=O)C2. The highest BCUT2D eigenvalue weighted by atomic mass is 16.7. The number of fused-ring (bicyclic) bond motifs is 4. The van der Waals surface area contributed by atoms with E-state index in [0.29, 0.717) is 31.4 Å². The fourth-order valence-corrected chi connectivity index (χ4v) is 12.1. The maximum absolute atomic E-state index is 13.1. The average Bonchev–Trinajstić information content (AvgIpc) is 3.59. The van der Waals surface area contributed by atoms with Crippen molar-refractivity contribution in [3.63, 3.8) is 0 Å². The zero-order chi connectivity index (χ0) is 36.6. The van der Waals surface area contributed by atoms with Crippen LogP contribution in [0.1, 0.15) is 99.8 Å². The predicted octanol–water partition coefficient (Wildman–Crippen LogP) is 3.20. The number of aliphatic hydroxyl groups is 4. The highest BCUT2D eigenvalue weighted by molar-refractivity contribution is 5.90. The van der Waals surface area contributed by atoms with Gasteiger partial charge in [-0.1, -0.05) is 34.6 Å². The molecule has 15 unspecified atom stereocenters. The molecule has 0 aromatic carbocycles. The van der Waals surface area contributed by atoms with Crippen molar-refractivity contribution in [1.29, 1.82) is 0 Å². The summed E-state index contributed by atoms with van der Waals surface area (Å²) < 4.78 is 29.6. The van der Waals surface area contributed by atoms with Gasteiger partial charge in [0.15, 0.2) is 6.29 Å². The molecule has 4 N–H and O–H groups in total. The first-order valence-electron chi connectivity index (χ1n) is 18.6. The van der Waals surface area contributed by atoms with Crippen LogP contribution < -0.4 is 0 Å². The molecule has 2 saturated heterocycles. The van der Waals surface area contributed by atoms with Crippen LogP contribution in [0.15, 0.2) is 11.6 Å². The lowest BCUT2D eigenvalue weighted by Gasteiger charge is -2.70. The van der Waals surface area contributed by atoms with Crippen LogP contribution in [0.2, 0.25) is 0 Å². The maximum Gasteiger partial charge on any atom is 0.334 e. The summed E-state index contributed by atoms with van der Waals surface area (Å²) >= 11 is 0. The Morgan fingerprint density at radius 3 is 2.32 bits per heavy atom. The molecule has 3 aliphatic heterocycles. The number of hydrogen-bond acceptors (Lipinski definition) is 12. The molecule has 3 heterocycles. The molecule has 6 aliphatic rings. The highest BCUT2D eigenvalue weighted by Crippen LogP contribution is 2.74. The van der Waals surface area contributed by atoms with Crippen molar-refractivity contribution in [2.45, 2.75) is 149 Å². The summed E-state index contributed by atoms with van der Waals surface area (Å²) in [5.41, 5.74) is -0.625. The lowest BCUT2D eigenvalue weighted by atomic mass is 9.34. The molecule has 50 heavy (non-hydrogen) atoms. The molecule has 0 radical (unpaired) electrons. The Hall–Kier alpha value is -2.09. The summed E-state index contributed by atoms with van der Waals surface area (Å²) in [7, 11) is 0. The van der Waals surface area contributed by atoms with Crippen molar-refractivity contribution >= 4 is 17.9 Å². The molecule has 0 amide bonds. The minimum Gasteiger partial charge on any atom is -0.465 e. The summed E-state index contributed by atoms with van der Waals surface area (Å²) in [5.74, 6) is -0.526. The minimum absolute atomic E-state index is 0.0285. The van der Waals surface area contributed by atoms with Gasteiger partial charge in [-0.15, -0.1) is 0 Å². The highest BCUT2D eigenvalue weighted by Gasteiger charge is 2.71. The molecule has 1 spiro atoms. The first-order chi connectivity index (χ1) is 23.4. The van der Waals surface area contributed by atoms with Crippen molar-refractivity contribution in [1.82, 2.24) is 0 Å². The summed E-state index contributed by atoms with van der Waals surface area (Å²) in [6, 6.07) is 0.